The number of morpholine rings is 1. The number of para-hydroxylation sites is 1. The number of ether oxygens (including phenoxy) is 2. The van der Waals surface area contributed by atoms with Crippen molar-refractivity contribution < 1.29 is 9.47 Å². The molecule has 0 amide bonds. The molecule has 3 heterocycles. The molecule has 2 aliphatic heterocycles. The molecular weight excluding hydrogens is 362 g/mol. The van der Waals surface area contributed by atoms with E-state index in [9.17, 15) is 0 Å². The summed E-state index contributed by atoms with van der Waals surface area (Å²) in [7, 11) is 0. The molecule has 0 spiro atoms. The molecule has 5 nitrogen and oxygen atoms in total. The predicted molar refractivity (Wildman–Crippen MR) is 115 cm³/mol. The SMILES string of the molecule is c1ccc(CC2CCN(Cc3ccccc3OCCCN3CCOCC3)C2)nc1. The van der Waals surface area contributed by atoms with Crippen molar-refractivity contribution in [1.29, 1.82) is 0 Å². The van der Waals surface area contributed by atoms with Crippen LogP contribution in [-0.4, -0.2) is 67.3 Å². The number of pyridine rings is 1. The summed E-state index contributed by atoms with van der Waals surface area (Å²) in [5, 5.41) is 0. The number of rotatable bonds is 9. The molecular formula is C24H33N3O2. The lowest BCUT2D eigenvalue weighted by Crippen LogP contribution is -2.37. The van der Waals surface area contributed by atoms with Crippen LogP contribution in [-0.2, 0) is 17.7 Å². The second-order valence-electron chi connectivity index (χ2n) is 8.18. The van der Waals surface area contributed by atoms with Crippen LogP contribution in [0.1, 0.15) is 24.1 Å². The van der Waals surface area contributed by atoms with E-state index >= 15 is 0 Å². The zero-order valence-corrected chi connectivity index (χ0v) is 17.3. The van der Waals surface area contributed by atoms with Gasteiger partial charge >= 0.3 is 0 Å². The van der Waals surface area contributed by atoms with Crippen molar-refractivity contribution in [2.45, 2.75) is 25.8 Å². The summed E-state index contributed by atoms with van der Waals surface area (Å²) < 4.78 is 11.6. The van der Waals surface area contributed by atoms with Crippen molar-refractivity contribution in [3.05, 3.63) is 59.9 Å². The maximum atomic E-state index is 6.17. The Bertz CT molecular complexity index is 734. The summed E-state index contributed by atoms with van der Waals surface area (Å²) >= 11 is 0. The van der Waals surface area contributed by atoms with Crippen LogP contribution in [0.25, 0.3) is 0 Å². The standard InChI is InChI=1S/C24H33N3O2/c1-2-8-24(29-15-5-11-26-13-16-28-17-14-26)22(6-1)20-27-12-9-21(19-27)18-23-7-3-4-10-25-23/h1-4,6-8,10,21H,5,9,11-20H2. The molecule has 5 heteroatoms. The van der Waals surface area contributed by atoms with Gasteiger partial charge in [-0.15, -0.1) is 0 Å². The van der Waals surface area contributed by atoms with Crippen LogP contribution in [0.3, 0.4) is 0 Å². The molecule has 1 atom stereocenters. The van der Waals surface area contributed by atoms with Gasteiger partial charge in [-0.25, -0.2) is 0 Å². The number of hydrogen-bond donors (Lipinski definition) is 0. The molecule has 156 valence electrons. The summed E-state index contributed by atoms with van der Waals surface area (Å²) in [6, 6.07) is 14.7. The highest BCUT2D eigenvalue weighted by Gasteiger charge is 2.23. The van der Waals surface area contributed by atoms with Gasteiger partial charge in [-0.1, -0.05) is 24.3 Å². The second-order valence-corrected chi connectivity index (χ2v) is 8.18. The zero-order chi connectivity index (χ0) is 19.7. The third-order valence-corrected chi connectivity index (χ3v) is 5.94. The van der Waals surface area contributed by atoms with Crippen LogP contribution < -0.4 is 4.74 Å². The Kier molecular flexibility index (Phi) is 7.51. The van der Waals surface area contributed by atoms with Crippen LogP contribution in [0.15, 0.2) is 48.7 Å². The van der Waals surface area contributed by atoms with E-state index in [0.29, 0.717) is 5.92 Å². The van der Waals surface area contributed by atoms with Gasteiger partial charge in [-0.3, -0.25) is 14.8 Å². The van der Waals surface area contributed by atoms with Crippen molar-refractivity contribution in [1.82, 2.24) is 14.8 Å². The minimum absolute atomic E-state index is 0.700. The number of nitrogens with zero attached hydrogens (tertiary/aromatic N) is 3. The van der Waals surface area contributed by atoms with Crippen molar-refractivity contribution >= 4 is 0 Å². The van der Waals surface area contributed by atoms with E-state index in [2.05, 4.69) is 51.2 Å². The Labute approximate surface area is 174 Å². The highest BCUT2D eigenvalue weighted by molar-refractivity contribution is 5.33. The average Bonchev–Trinajstić information content (AvgIpc) is 3.20. The van der Waals surface area contributed by atoms with Crippen molar-refractivity contribution in [3.63, 3.8) is 0 Å². The molecule has 0 radical (unpaired) electrons. The van der Waals surface area contributed by atoms with Crippen LogP contribution >= 0.6 is 0 Å². The molecule has 2 fully saturated rings. The summed E-state index contributed by atoms with van der Waals surface area (Å²) in [5.74, 6) is 1.74. The first-order valence-electron chi connectivity index (χ1n) is 11.0. The van der Waals surface area contributed by atoms with Gasteiger partial charge in [0.25, 0.3) is 0 Å². The minimum Gasteiger partial charge on any atom is -0.493 e. The summed E-state index contributed by atoms with van der Waals surface area (Å²) in [6.07, 6.45) is 5.29. The van der Waals surface area contributed by atoms with E-state index in [1.807, 2.05) is 12.3 Å². The number of aromatic nitrogens is 1. The summed E-state index contributed by atoms with van der Waals surface area (Å²) in [4.78, 5) is 9.51. The first-order valence-corrected chi connectivity index (χ1v) is 11.0. The normalized spacial score (nSPS) is 20.8. The molecule has 4 rings (SSSR count). The average molecular weight is 396 g/mol. The lowest BCUT2D eigenvalue weighted by molar-refractivity contribution is 0.0357. The van der Waals surface area contributed by atoms with Gasteiger partial charge in [0.2, 0.25) is 0 Å². The second kappa shape index (κ2) is 10.7. The van der Waals surface area contributed by atoms with E-state index in [1.165, 1.54) is 17.7 Å². The van der Waals surface area contributed by atoms with Gasteiger partial charge < -0.3 is 9.47 Å². The molecule has 1 aromatic heterocycles. The smallest absolute Gasteiger partial charge is 0.123 e. The van der Waals surface area contributed by atoms with E-state index in [-0.39, 0.29) is 0 Å². The number of hydrogen-bond acceptors (Lipinski definition) is 5. The van der Waals surface area contributed by atoms with E-state index < -0.39 is 0 Å². The van der Waals surface area contributed by atoms with Gasteiger partial charge in [0.05, 0.1) is 19.8 Å². The van der Waals surface area contributed by atoms with E-state index in [1.54, 1.807) is 0 Å². The van der Waals surface area contributed by atoms with E-state index in [4.69, 9.17) is 9.47 Å². The van der Waals surface area contributed by atoms with Crippen LogP contribution in [0.5, 0.6) is 5.75 Å². The molecule has 2 aliphatic rings. The Morgan fingerprint density at radius 3 is 2.72 bits per heavy atom. The lowest BCUT2D eigenvalue weighted by atomic mass is 10.0. The largest absolute Gasteiger partial charge is 0.493 e. The molecule has 0 bridgehead atoms. The summed E-state index contributed by atoms with van der Waals surface area (Å²) in [6.45, 7) is 8.95. The van der Waals surface area contributed by atoms with E-state index in [0.717, 1.165) is 77.7 Å². The van der Waals surface area contributed by atoms with Gasteiger partial charge in [-0.2, -0.15) is 0 Å². The zero-order valence-electron chi connectivity index (χ0n) is 17.3. The van der Waals surface area contributed by atoms with Crippen molar-refractivity contribution in [2.24, 2.45) is 5.92 Å². The summed E-state index contributed by atoms with van der Waals surface area (Å²) in [5.41, 5.74) is 2.51. The molecule has 1 unspecified atom stereocenters. The van der Waals surface area contributed by atoms with Gasteiger partial charge in [0, 0.05) is 50.2 Å². The van der Waals surface area contributed by atoms with Crippen LogP contribution in [0, 0.1) is 5.92 Å². The minimum atomic E-state index is 0.700. The van der Waals surface area contributed by atoms with Gasteiger partial charge in [0.15, 0.2) is 0 Å². The molecule has 1 aromatic carbocycles. The third-order valence-electron chi connectivity index (χ3n) is 5.94. The van der Waals surface area contributed by atoms with Crippen molar-refractivity contribution in [2.75, 3.05) is 52.5 Å². The molecule has 2 aromatic rings. The molecule has 0 saturated carbocycles. The van der Waals surface area contributed by atoms with Crippen LogP contribution in [0.2, 0.25) is 0 Å². The van der Waals surface area contributed by atoms with Crippen LogP contribution in [0.4, 0.5) is 0 Å². The monoisotopic (exact) mass is 395 g/mol. The first kappa shape index (κ1) is 20.3. The topological polar surface area (TPSA) is 37.8 Å². The maximum Gasteiger partial charge on any atom is 0.123 e. The highest BCUT2D eigenvalue weighted by atomic mass is 16.5. The first-order chi connectivity index (χ1) is 14.4. The number of likely N-dealkylation sites (tertiary alicyclic amines) is 1. The van der Waals surface area contributed by atoms with Gasteiger partial charge in [0.1, 0.15) is 5.75 Å². The Morgan fingerprint density at radius 1 is 1.00 bits per heavy atom. The third kappa shape index (κ3) is 6.26. The highest BCUT2D eigenvalue weighted by Crippen LogP contribution is 2.25. The quantitative estimate of drug-likeness (QED) is 0.610. The molecule has 0 N–H and O–H groups in total. The fourth-order valence-electron chi connectivity index (χ4n) is 4.35. The maximum absolute atomic E-state index is 6.17. The lowest BCUT2D eigenvalue weighted by Gasteiger charge is -2.26. The Balaban J connectivity index is 1.23. The predicted octanol–water partition coefficient (Wildman–Crippen LogP) is 3.25. The fourth-order valence-corrected chi connectivity index (χ4v) is 4.35. The Hall–Kier alpha value is -1.95. The van der Waals surface area contributed by atoms with Crippen molar-refractivity contribution in [3.8, 4) is 5.75 Å². The molecule has 29 heavy (non-hydrogen) atoms. The Morgan fingerprint density at radius 2 is 1.86 bits per heavy atom. The fraction of sp³-hybridized carbons (Fsp3) is 0.542. The number of benzene rings is 1. The molecule has 2 saturated heterocycles. The molecule has 0 aliphatic carbocycles. The van der Waals surface area contributed by atoms with Gasteiger partial charge in [-0.05, 0) is 49.9 Å².